The third kappa shape index (κ3) is 14.7. The van der Waals surface area contributed by atoms with Crippen LogP contribution in [0.15, 0.2) is 316 Å². The second-order valence-electron chi connectivity index (χ2n) is 25.4. The third-order valence-corrected chi connectivity index (χ3v) is 23.4. The van der Waals surface area contributed by atoms with Gasteiger partial charge in [0.1, 0.15) is 11.2 Å². The first kappa shape index (κ1) is 75.9. The van der Waals surface area contributed by atoms with Gasteiger partial charge in [0.25, 0.3) is 0 Å². The van der Waals surface area contributed by atoms with E-state index in [0.717, 1.165) is 111 Å². The average Bonchev–Trinajstić information content (AvgIpc) is 1.58. The average molecular weight is 2160 g/mol. The summed E-state index contributed by atoms with van der Waals surface area (Å²) in [7, 11) is 3.52. The van der Waals surface area contributed by atoms with Crippen molar-refractivity contribution in [3.05, 3.63) is 365 Å². The summed E-state index contributed by atoms with van der Waals surface area (Å²) in [5.41, 5.74) is 18.1. The number of anilines is 4. The predicted octanol–water partition coefficient (Wildman–Crippen LogP) is 19.6. The SMILES string of the molecule is CN1[CH-]N(c2[c-]cccc2)C=C1c1ccc2c(c1)S(=O)(=O)c1ccccc1-2.CN1[CH-]N(c2[c-]cccc2)C=C1c1ccc2c(c1)S(=O)c1ccccc1-2.CN1[CH-]N(c2[c-]cccc2)C=C1c1ccc2c(c1)oc1ccccc12.CN1[CH-]N(c2[c-]cccc2)C=C1c1ccc2c(c1)sc1ccccc12.[Ir].[Ir].[Ir].[Ir]. The third-order valence-electron chi connectivity index (χ3n) is 18.9. The van der Waals surface area contributed by atoms with Gasteiger partial charge in [0, 0.05) is 151 Å². The molecule has 2 aromatic heterocycles. The number of para-hydroxylation sites is 5. The molecule has 0 bridgehead atoms. The van der Waals surface area contributed by atoms with Crippen LogP contribution in [0.25, 0.3) is 87.2 Å². The summed E-state index contributed by atoms with van der Waals surface area (Å²) in [4.78, 5) is 19.1. The van der Waals surface area contributed by atoms with E-state index >= 15 is 0 Å². The molecule has 0 saturated heterocycles. The second-order valence-corrected chi connectivity index (χ2v) is 29.8. The molecule has 12 nitrogen and oxygen atoms in total. The first-order valence-electron chi connectivity index (χ1n) is 33.5. The molecule has 1 atom stereocenters. The molecule has 14 aromatic rings. The topological polar surface area (TPSA) is 90.3 Å². The Morgan fingerprint density at radius 3 is 1.26 bits per heavy atom. The van der Waals surface area contributed by atoms with E-state index in [2.05, 4.69) is 186 Å². The molecule has 0 saturated carbocycles. The van der Waals surface area contributed by atoms with Crippen LogP contribution in [-0.2, 0) is 101 Å². The Bertz CT molecular complexity index is 5720. The summed E-state index contributed by atoms with van der Waals surface area (Å²) in [6.45, 7) is 8.14. The fourth-order valence-electron chi connectivity index (χ4n) is 13.8. The fourth-order valence-corrected chi connectivity index (χ4v) is 18.1. The van der Waals surface area contributed by atoms with Gasteiger partial charge in [-0.05, 0) is 135 Å². The van der Waals surface area contributed by atoms with Gasteiger partial charge >= 0.3 is 0 Å². The van der Waals surface area contributed by atoms with E-state index in [1.54, 1.807) is 18.2 Å². The van der Waals surface area contributed by atoms with Crippen molar-refractivity contribution in [3.63, 3.8) is 0 Å². The minimum atomic E-state index is -3.48. The molecule has 0 spiro atoms. The number of hydrogen-bond acceptors (Lipinski definition) is 13. The van der Waals surface area contributed by atoms with Gasteiger partial charge in [-0.2, -0.15) is 148 Å². The van der Waals surface area contributed by atoms with Crippen molar-refractivity contribution in [2.24, 2.45) is 0 Å². The molecule has 542 valence electrons. The van der Waals surface area contributed by atoms with Crippen molar-refractivity contribution in [2.45, 2.75) is 19.6 Å². The van der Waals surface area contributed by atoms with Gasteiger partial charge in [-0.1, -0.05) is 115 Å². The normalized spacial score (nSPS) is 15.4. The van der Waals surface area contributed by atoms with Crippen LogP contribution in [0.1, 0.15) is 22.3 Å². The summed E-state index contributed by atoms with van der Waals surface area (Å²) in [6, 6.07) is 102. The summed E-state index contributed by atoms with van der Waals surface area (Å²) < 4.78 is 47.5. The van der Waals surface area contributed by atoms with Crippen molar-refractivity contribution in [3.8, 4) is 22.3 Å². The number of rotatable bonds is 8. The Hall–Kier alpha value is -9.28. The minimum absolute atomic E-state index is 0. The number of nitrogens with zero attached hydrogens (tertiary/aromatic N) is 8. The molecule has 6 aliphatic rings. The number of benzene rings is 12. The zero-order valence-electron chi connectivity index (χ0n) is 57.8. The Balaban J connectivity index is 0.000000125. The van der Waals surface area contributed by atoms with E-state index in [1.165, 1.54) is 31.4 Å². The number of furan rings is 1. The first-order valence-corrected chi connectivity index (χ1v) is 37.0. The van der Waals surface area contributed by atoms with Crippen LogP contribution < -0.4 is 19.6 Å². The number of sulfone groups is 1. The molecule has 8 heterocycles. The maximum atomic E-state index is 13.0. The van der Waals surface area contributed by atoms with Crippen LogP contribution in [0.4, 0.5) is 22.7 Å². The Morgan fingerprint density at radius 1 is 0.346 bits per heavy atom. The van der Waals surface area contributed by atoms with Crippen LogP contribution in [-0.4, -0.2) is 60.4 Å². The van der Waals surface area contributed by atoms with E-state index in [1.807, 2.05) is 217 Å². The van der Waals surface area contributed by atoms with Crippen LogP contribution in [0.3, 0.4) is 0 Å². The van der Waals surface area contributed by atoms with Crippen LogP contribution in [0, 0.1) is 50.9 Å². The van der Waals surface area contributed by atoms with E-state index in [0.29, 0.717) is 9.79 Å². The molecule has 0 amide bonds. The monoisotopic (exact) mass is 2160 g/mol. The van der Waals surface area contributed by atoms with Gasteiger partial charge in [-0.25, -0.2) is 12.6 Å². The summed E-state index contributed by atoms with van der Waals surface area (Å²) in [6.07, 6.45) is 8.36. The van der Waals surface area contributed by atoms with Crippen LogP contribution in [0.5, 0.6) is 0 Å². The largest absolute Gasteiger partial charge is 0.504 e. The molecular formula is C88H64Ir4N8O4S3-8. The maximum absolute atomic E-state index is 13.0. The molecule has 0 N–H and O–H groups in total. The summed E-state index contributed by atoms with van der Waals surface area (Å²) >= 11 is 1.86. The Morgan fingerprint density at radius 2 is 0.729 bits per heavy atom. The van der Waals surface area contributed by atoms with Gasteiger partial charge in [0.2, 0.25) is 9.84 Å². The molecule has 19 heteroatoms. The standard InChI is InChI=1S/C22H16N2O2S.C22H16N2OS.C22H16N2O.C22H16N2S.4Ir/c1-23-15-24(17-7-3-2-4-8-17)14-20(23)16-11-12-19-18-9-5-6-10-21(18)27(25,26)22(19)13-16;1-23-15-24(17-7-3-2-4-8-17)14-20(23)16-11-12-19-18-9-5-6-10-21(18)26(25)22(19)13-16;2*1-23-15-24(17-7-3-2-4-8-17)14-20(23)16-11-12-19-18-9-5-6-10-21(18)25-22(19)13-16;;;;/h2-7,9-15H,1H3;2-7,9-15H,1H3;2*2-7,9-15H,1H3;;;;/q4*-2;;;;. The van der Waals surface area contributed by atoms with Crippen molar-refractivity contribution in [1.29, 1.82) is 0 Å². The summed E-state index contributed by atoms with van der Waals surface area (Å²) in [5, 5.41) is 4.99. The van der Waals surface area contributed by atoms with Crippen molar-refractivity contribution in [1.82, 2.24) is 19.6 Å². The van der Waals surface area contributed by atoms with Crippen LogP contribution >= 0.6 is 11.3 Å². The van der Waals surface area contributed by atoms with E-state index in [9.17, 15) is 12.6 Å². The molecule has 1 unspecified atom stereocenters. The molecule has 20 rings (SSSR count). The molecule has 12 aromatic carbocycles. The van der Waals surface area contributed by atoms with Crippen molar-refractivity contribution >= 4 is 120 Å². The second kappa shape index (κ2) is 32.3. The molecule has 0 aliphatic carbocycles. The van der Waals surface area contributed by atoms with Gasteiger partial charge in [0.05, 0.1) is 30.4 Å². The minimum Gasteiger partial charge on any atom is -0.504 e. The Labute approximate surface area is 684 Å². The number of hydrogen-bond donors (Lipinski definition) is 0. The molecule has 4 radical (unpaired) electrons. The molecule has 0 fully saturated rings. The van der Waals surface area contributed by atoms with E-state index < -0.39 is 20.6 Å². The summed E-state index contributed by atoms with van der Waals surface area (Å²) in [5.74, 6) is 0. The van der Waals surface area contributed by atoms with Crippen LogP contribution in [0.2, 0.25) is 0 Å². The number of thiophene rings is 1. The smallest absolute Gasteiger partial charge is 0.207 e. The van der Waals surface area contributed by atoms with Gasteiger partial charge in [-0.3, -0.25) is 0 Å². The zero-order valence-corrected chi connectivity index (χ0v) is 69.8. The molecule has 107 heavy (non-hydrogen) atoms. The first-order chi connectivity index (χ1) is 50.4. The van der Waals surface area contributed by atoms with Crippen molar-refractivity contribution in [2.75, 3.05) is 47.8 Å². The van der Waals surface area contributed by atoms with Crippen molar-refractivity contribution < 1.29 is 97.5 Å². The molecular weight excluding hydrogens is 2100 g/mol. The molecule has 6 aliphatic heterocycles. The van der Waals surface area contributed by atoms with Gasteiger partial charge in [-0.15, -0.1) is 34.1 Å². The Kier molecular flexibility index (Phi) is 22.9. The maximum Gasteiger partial charge on any atom is 0.207 e. The van der Waals surface area contributed by atoms with E-state index in [4.69, 9.17) is 4.42 Å². The van der Waals surface area contributed by atoms with Gasteiger partial charge in [0.15, 0.2) is 0 Å². The predicted molar refractivity (Wildman–Crippen MR) is 418 cm³/mol. The number of fused-ring (bicyclic) bond motifs is 12. The van der Waals surface area contributed by atoms with Gasteiger partial charge < -0.3 is 43.6 Å². The van der Waals surface area contributed by atoms with E-state index in [-0.39, 0.29) is 80.4 Å². The quantitative estimate of drug-likeness (QED) is 0.136. The zero-order chi connectivity index (χ0) is 69.9. The fraction of sp³-hybridized carbons (Fsp3) is 0.0455.